The van der Waals surface area contributed by atoms with Gasteiger partial charge in [0.05, 0.1) is 19.0 Å². The van der Waals surface area contributed by atoms with Crippen molar-refractivity contribution in [2.24, 2.45) is 0 Å². The van der Waals surface area contributed by atoms with E-state index in [9.17, 15) is 4.79 Å². The summed E-state index contributed by atoms with van der Waals surface area (Å²) in [6, 6.07) is 15.6. The van der Waals surface area contributed by atoms with Gasteiger partial charge in [-0.15, -0.1) is 0 Å². The molecule has 1 amide bonds. The molecule has 3 aromatic rings. The number of ether oxygens (including phenoxy) is 1. The number of carbonyl (C=O) groups excluding carboxylic acids is 1. The van der Waals surface area contributed by atoms with E-state index >= 15 is 0 Å². The quantitative estimate of drug-likeness (QED) is 0.785. The Bertz CT molecular complexity index is 890. The maximum atomic E-state index is 12.8. The Morgan fingerprint density at radius 1 is 1.23 bits per heavy atom. The van der Waals surface area contributed by atoms with E-state index in [2.05, 4.69) is 10.3 Å². The molecule has 1 aliphatic heterocycles. The van der Waals surface area contributed by atoms with E-state index in [1.54, 1.807) is 12.5 Å². The number of benzene rings is 2. The molecular weight excluding hydrogens is 326 g/mol. The zero-order valence-corrected chi connectivity index (χ0v) is 14.5. The van der Waals surface area contributed by atoms with E-state index in [1.165, 1.54) is 0 Å². The molecule has 1 aromatic heterocycles. The number of hydrogen-bond donors (Lipinski definition) is 1. The molecule has 0 saturated carbocycles. The van der Waals surface area contributed by atoms with Crippen molar-refractivity contribution in [3.05, 3.63) is 83.9 Å². The van der Waals surface area contributed by atoms with Gasteiger partial charge in [0.1, 0.15) is 5.75 Å². The van der Waals surface area contributed by atoms with Crippen LogP contribution in [0.5, 0.6) is 5.75 Å². The van der Waals surface area contributed by atoms with Crippen LogP contribution in [0.1, 0.15) is 40.4 Å². The zero-order valence-electron chi connectivity index (χ0n) is 14.5. The van der Waals surface area contributed by atoms with Crippen LogP contribution in [0.4, 0.5) is 0 Å². The highest BCUT2D eigenvalue weighted by atomic mass is 16.5. The Morgan fingerprint density at radius 2 is 2.15 bits per heavy atom. The molecule has 5 nitrogen and oxygen atoms in total. The van der Waals surface area contributed by atoms with Crippen LogP contribution in [0.2, 0.25) is 0 Å². The summed E-state index contributed by atoms with van der Waals surface area (Å²) in [4.78, 5) is 16.9. The normalized spacial score (nSPS) is 16.2. The minimum absolute atomic E-state index is 0.0292. The molecule has 1 atom stereocenters. The molecule has 2 heterocycles. The average molecular weight is 347 g/mol. The average Bonchev–Trinajstić information content (AvgIpc) is 3.09. The van der Waals surface area contributed by atoms with Crippen molar-refractivity contribution >= 4 is 5.91 Å². The van der Waals surface area contributed by atoms with Crippen LogP contribution < -0.4 is 10.1 Å². The Hall–Kier alpha value is -3.08. The molecular formula is C21H21N3O2. The van der Waals surface area contributed by atoms with E-state index in [0.717, 1.165) is 29.7 Å². The second kappa shape index (κ2) is 7.44. The predicted molar refractivity (Wildman–Crippen MR) is 99.1 cm³/mol. The number of aromatic nitrogens is 2. The zero-order chi connectivity index (χ0) is 17.8. The number of para-hydroxylation sites is 1. The molecule has 0 radical (unpaired) electrons. The first kappa shape index (κ1) is 16.4. The summed E-state index contributed by atoms with van der Waals surface area (Å²) in [6.07, 6.45) is 7.23. The fourth-order valence-electron chi connectivity index (χ4n) is 3.32. The van der Waals surface area contributed by atoms with Crippen LogP contribution in [0.25, 0.3) is 0 Å². The van der Waals surface area contributed by atoms with Crippen LogP contribution >= 0.6 is 0 Å². The van der Waals surface area contributed by atoms with Crippen molar-refractivity contribution in [3.8, 4) is 5.75 Å². The van der Waals surface area contributed by atoms with Crippen LogP contribution in [0.3, 0.4) is 0 Å². The number of hydrogen-bond acceptors (Lipinski definition) is 3. The molecule has 0 fully saturated rings. The van der Waals surface area contributed by atoms with Gasteiger partial charge in [-0.3, -0.25) is 4.79 Å². The molecule has 26 heavy (non-hydrogen) atoms. The topological polar surface area (TPSA) is 56.1 Å². The van der Waals surface area contributed by atoms with Crippen molar-refractivity contribution in [1.29, 1.82) is 0 Å². The van der Waals surface area contributed by atoms with Crippen molar-refractivity contribution in [2.75, 3.05) is 6.61 Å². The second-order valence-corrected chi connectivity index (χ2v) is 6.49. The fourth-order valence-corrected chi connectivity index (χ4v) is 3.32. The smallest absolute Gasteiger partial charge is 0.251 e. The molecule has 4 rings (SSSR count). The second-order valence-electron chi connectivity index (χ2n) is 6.49. The molecule has 1 N–H and O–H groups in total. The maximum Gasteiger partial charge on any atom is 0.251 e. The van der Waals surface area contributed by atoms with E-state index in [-0.39, 0.29) is 11.9 Å². The molecule has 2 aromatic carbocycles. The third kappa shape index (κ3) is 3.61. The van der Waals surface area contributed by atoms with Crippen LogP contribution in [-0.2, 0) is 6.54 Å². The molecule has 0 aliphatic carbocycles. The summed E-state index contributed by atoms with van der Waals surface area (Å²) in [5.41, 5.74) is 2.79. The lowest BCUT2D eigenvalue weighted by Crippen LogP contribution is -2.28. The van der Waals surface area contributed by atoms with Gasteiger partial charge in [0.15, 0.2) is 0 Å². The highest BCUT2D eigenvalue weighted by Gasteiger charge is 2.21. The number of amides is 1. The lowest BCUT2D eigenvalue weighted by Gasteiger charge is -2.18. The molecule has 5 heteroatoms. The minimum atomic E-state index is -0.0563. The number of nitrogens with zero attached hydrogens (tertiary/aromatic N) is 2. The Morgan fingerprint density at radius 3 is 3.04 bits per heavy atom. The first-order valence-electron chi connectivity index (χ1n) is 8.87. The molecule has 0 saturated heterocycles. The molecule has 0 spiro atoms. The summed E-state index contributed by atoms with van der Waals surface area (Å²) < 4.78 is 7.77. The highest BCUT2D eigenvalue weighted by Crippen LogP contribution is 2.31. The third-order valence-electron chi connectivity index (χ3n) is 4.61. The number of carbonyl (C=O) groups is 1. The van der Waals surface area contributed by atoms with E-state index in [1.807, 2.05) is 59.3 Å². The van der Waals surface area contributed by atoms with Gasteiger partial charge in [0, 0.05) is 30.1 Å². The minimum Gasteiger partial charge on any atom is -0.493 e. The summed E-state index contributed by atoms with van der Waals surface area (Å²) in [5, 5.41) is 3.18. The van der Waals surface area contributed by atoms with E-state index in [4.69, 9.17) is 4.74 Å². The number of imidazole rings is 1. The fraction of sp³-hybridized carbons (Fsp3) is 0.238. The van der Waals surface area contributed by atoms with Gasteiger partial charge in [-0.05, 0) is 36.6 Å². The summed E-state index contributed by atoms with van der Waals surface area (Å²) in [7, 11) is 0. The molecule has 1 aliphatic rings. The van der Waals surface area contributed by atoms with E-state index in [0.29, 0.717) is 18.7 Å². The standard InChI is InChI=1S/C21H21N3O2/c25-21(17-6-3-5-16(13-17)14-24-11-10-22-15-24)23-19-8-4-12-26-20-9-2-1-7-18(19)20/h1-3,5-7,9-11,13,15,19H,4,8,12,14H2,(H,23,25)/t19-/m0/s1. The van der Waals surface area contributed by atoms with Gasteiger partial charge in [0.25, 0.3) is 5.91 Å². The van der Waals surface area contributed by atoms with Crippen LogP contribution in [-0.4, -0.2) is 22.1 Å². The van der Waals surface area contributed by atoms with Gasteiger partial charge in [-0.25, -0.2) is 4.98 Å². The van der Waals surface area contributed by atoms with Crippen LogP contribution in [0.15, 0.2) is 67.3 Å². The van der Waals surface area contributed by atoms with Gasteiger partial charge < -0.3 is 14.6 Å². The predicted octanol–water partition coefficient (Wildman–Crippen LogP) is 3.58. The Kier molecular flexibility index (Phi) is 4.69. The lowest BCUT2D eigenvalue weighted by atomic mass is 10.0. The van der Waals surface area contributed by atoms with Crippen molar-refractivity contribution in [2.45, 2.75) is 25.4 Å². The lowest BCUT2D eigenvalue weighted by molar-refractivity contribution is 0.0934. The van der Waals surface area contributed by atoms with E-state index < -0.39 is 0 Å². The first-order chi connectivity index (χ1) is 12.8. The van der Waals surface area contributed by atoms with Crippen LogP contribution in [0, 0.1) is 0 Å². The third-order valence-corrected chi connectivity index (χ3v) is 4.61. The first-order valence-corrected chi connectivity index (χ1v) is 8.87. The summed E-state index contributed by atoms with van der Waals surface area (Å²) in [5.74, 6) is 0.809. The van der Waals surface area contributed by atoms with Crippen molar-refractivity contribution in [3.63, 3.8) is 0 Å². The Balaban J connectivity index is 1.51. The van der Waals surface area contributed by atoms with Gasteiger partial charge in [-0.1, -0.05) is 30.3 Å². The molecule has 132 valence electrons. The highest BCUT2D eigenvalue weighted by molar-refractivity contribution is 5.94. The monoisotopic (exact) mass is 347 g/mol. The van der Waals surface area contributed by atoms with Crippen molar-refractivity contribution < 1.29 is 9.53 Å². The van der Waals surface area contributed by atoms with Gasteiger partial charge >= 0.3 is 0 Å². The Labute approximate surface area is 152 Å². The number of fused-ring (bicyclic) bond motifs is 1. The maximum absolute atomic E-state index is 12.8. The van der Waals surface area contributed by atoms with Gasteiger partial charge in [-0.2, -0.15) is 0 Å². The SMILES string of the molecule is O=C(N[C@H]1CCCOc2ccccc21)c1cccc(Cn2ccnc2)c1. The number of rotatable bonds is 4. The van der Waals surface area contributed by atoms with Crippen molar-refractivity contribution in [1.82, 2.24) is 14.9 Å². The molecule has 0 unspecified atom stereocenters. The summed E-state index contributed by atoms with van der Waals surface area (Å²) in [6.45, 7) is 1.38. The largest absolute Gasteiger partial charge is 0.493 e. The summed E-state index contributed by atoms with van der Waals surface area (Å²) >= 11 is 0. The number of nitrogens with one attached hydrogen (secondary N) is 1. The van der Waals surface area contributed by atoms with Gasteiger partial charge in [0.2, 0.25) is 0 Å². The molecule has 0 bridgehead atoms.